The van der Waals surface area contributed by atoms with Crippen LogP contribution in [0.25, 0.3) is 11.0 Å². The quantitative estimate of drug-likeness (QED) is 0.832. The van der Waals surface area contributed by atoms with Crippen molar-refractivity contribution >= 4 is 48.6 Å². The second kappa shape index (κ2) is 4.66. The van der Waals surface area contributed by atoms with E-state index in [2.05, 4.69) is 41.8 Å². The molecule has 2 N–H and O–H groups in total. The maximum Gasteiger partial charge on any atom is 0.278 e. The molecule has 7 heteroatoms. The van der Waals surface area contributed by atoms with E-state index in [0.717, 1.165) is 8.95 Å². The number of nitrogens with zero attached hydrogens (tertiary/aromatic N) is 2. The number of fused-ring (bicyclic) bond motifs is 1. The fraction of sp³-hybridized carbons (Fsp3) is 0.200. The van der Waals surface area contributed by atoms with Gasteiger partial charge in [0.05, 0.1) is 29.9 Å². The molecule has 90 valence electrons. The molecule has 0 bridgehead atoms. The SMILES string of the molecule is COc1nc2cc(Br)c(Br)c(N)c2nc1OC. The van der Waals surface area contributed by atoms with Gasteiger partial charge < -0.3 is 15.2 Å². The summed E-state index contributed by atoms with van der Waals surface area (Å²) in [5.41, 5.74) is 7.66. The van der Waals surface area contributed by atoms with Crippen LogP contribution in [0.2, 0.25) is 0 Å². The molecule has 0 unspecified atom stereocenters. The third-order valence-corrected chi connectivity index (χ3v) is 4.22. The highest BCUT2D eigenvalue weighted by molar-refractivity contribution is 9.13. The summed E-state index contributed by atoms with van der Waals surface area (Å²) in [5.74, 6) is 0.634. The van der Waals surface area contributed by atoms with Crippen LogP contribution in [0.5, 0.6) is 11.8 Å². The van der Waals surface area contributed by atoms with E-state index in [0.29, 0.717) is 28.5 Å². The van der Waals surface area contributed by atoms with Gasteiger partial charge in [-0.3, -0.25) is 0 Å². The Kier molecular flexibility index (Phi) is 3.39. The van der Waals surface area contributed by atoms with Crippen molar-refractivity contribution in [3.8, 4) is 11.8 Å². The van der Waals surface area contributed by atoms with Crippen LogP contribution in [0, 0.1) is 0 Å². The van der Waals surface area contributed by atoms with Gasteiger partial charge in [-0.05, 0) is 37.9 Å². The minimum Gasteiger partial charge on any atom is -0.477 e. The zero-order valence-electron chi connectivity index (χ0n) is 9.12. The summed E-state index contributed by atoms with van der Waals surface area (Å²) in [6.07, 6.45) is 0. The van der Waals surface area contributed by atoms with Gasteiger partial charge in [0.15, 0.2) is 0 Å². The topological polar surface area (TPSA) is 70.3 Å². The number of hydrogen-bond donors (Lipinski definition) is 1. The van der Waals surface area contributed by atoms with Gasteiger partial charge in [0, 0.05) is 4.47 Å². The van der Waals surface area contributed by atoms with Crippen LogP contribution in [-0.2, 0) is 0 Å². The normalized spacial score (nSPS) is 10.6. The van der Waals surface area contributed by atoms with Gasteiger partial charge in [0.25, 0.3) is 11.8 Å². The summed E-state index contributed by atoms with van der Waals surface area (Å²) in [6.45, 7) is 0. The van der Waals surface area contributed by atoms with Crippen LogP contribution >= 0.6 is 31.9 Å². The summed E-state index contributed by atoms with van der Waals surface area (Å²) in [4.78, 5) is 8.57. The van der Waals surface area contributed by atoms with Crippen molar-refractivity contribution in [1.29, 1.82) is 0 Å². The standard InChI is InChI=1S/C10H9Br2N3O2/c1-16-9-10(17-2)15-8-5(14-9)3-4(11)6(12)7(8)13/h3H,13H2,1-2H3. The minimum atomic E-state index is 0.306. The Morgan fingerprint density at radius 2 is 1.71 bits per heavy atom. The first-order valence-corrected chi connectivity index (χ1v) is 6.20. The van der Waals surface area contributed by atoms with E-state index in [4.69, 9.17) is 15.2 Å². The molecule has 5 nitrogen and oxygen atoms in total. The van der Waals surface area contributed by atoms with Gasteiger partial charge in [-0.2, -0.15) is 0 Å². The predicted molar refractivity (Wildman–Crippen MR) is 72.5 cm³/mol. The summed E-state index contributed by atoms with van der Waals surface area (Å²) in [6, 6.07) is 1.81. The Bertz CT molecular complexity index is 590. The van der Waals surface area contributed by atoms with E-state index in [-0.39, 0.29) is 0 Å². The number of benzene rings is 1. The zero-order chi connectivity index (χ0) is 12.6. The van der Waals surface area contributed by atoms with E-state index in [1.54, 1.807) is 0 Å². The second-order valence-electron chi connectivity index (χ2n) is 3.20. The maximum atomic E-state index is 5.96. The van der Waals surface area contributed by atoms with Crippen molar-refractivity contribution in [2.24, 2.45) is 0 Å². The molecule has 2 rings (SSSR count). The molecule has 0 atom stereocenters. The van der Waals surface area contributed by atoms with Crippen LogP contribution in [0.3, 0.4) is 0 Å². The molecule has 0 aliphatic heterocycles. The molecule has 1 heterocycles. The maximum absolute atomic E-state index is 5.96. The van der Waals surface area contributed by atoms with Gasteiger partial charge in [0.1, 0.15) is 5.52 Å². The lowest BCUT2D eigenvalue weighted by Crippen LogP contribution is -2.00. The number of hydrogen-bond acceptors (Lipinski definition) is 5. The number of anilines is 1. The Hall–Kier alpha value is -1.08. The van der Waals surface area contributed by atoms with Crippen molar-refractivity contribution in [2.45, 2.75) is 0 Å². The molecule has 2 aromatic rings. The molecule has 1 aromatic carbocycles. The van der Waals surface area contributed by atoms with Crippen molar-refractivity contribution in [1.82, 2.24) is 9.97 Å². The smallest absolute Gasteiger partial charge is 0.278 e. The molecule has 0 amide bonds. The van der Waals surface area contributed by atoms with Crippen LogP contribution in [0.1, 0.15) is 0 Å². The van der Waals surface area contributed by atoms with Gasteiger partial charge in [-0.15, -0.1) is 0 Å². The summed E-state index contributed by atoms with van der Waals surface area (Å²) < 4.78 is 11.7. The molecule has 0 spiro atoms. The summed E-state index contributed by atoms with van der Waals surface area (Å²) in [7, 11) is 3.01. The number of nitrogen functional groups attached to an aromatic ring is 1. The Balaban J connectivity index is 2.83. The lowest BCUT2D eigenvalue weighted by Gasteiger charge is -2.10. The van der Waals surface area contributed by atoms with E-state index < -0.39 is 0 Å². The highest BCUT2D eigenvalue weighted by atomic mass is 79.9. The molecule has 0 fully saturated rings. The molecule has 0 aliphatic carbocycles. The Morgan fingerprint density at radius 1 is 1.12 bits per heavy atom. The van der Waals surface area contributed by atoms with Crippen LogP contribution in [0.4, 0.5) is 5.69 Å². The number of methoxy groups -OCH3 is 2. The largest absolute Gasteiger partial charge is 0.477 e. The lowest BCUT2D eigenvalue weighted by atomic mass is 10.2. The number of ether oxygens (including phenoxy) is 2. The van der Waals surface area contributed by atoms with Gasteiger partial charge in [-0.25, -0.2) is 9.97 Å². The monoisotopic (exact) mass is 361 g/mol. The van der Waals surface area contributed by atoms with Gasteiger partial charge in [-0.1, -0.05) is 0 Å². The van der Waals surface area contributed by atoms with Crippen LogP contribution in [-0.4, -0.2) is 24.2 Å². The van der Waals surface area contributed by atoms with E-state index in [1.807, 2.05) is 6.07 Å². The molecule has 0 saturated heterocycles. The first-order chi connectivity index (χ1) is 8.08. The van der Waals surface area contributed by atoms with Crippen molar-refractivity contribution in [3.05, 3.63) is 15.0 Å². The number of halogens is 2. The molecule has 0 radical (unpaired) electrons. The second-order valence-corrected chi connectivity index (χ2v) is 4.84. The highest BCUT2D eigenvalue weighted by Gasteiger charge is 2.15. The van der Waals surface area contributed by atoms with Crippen molar-refractivity contribution in [3.63, 3.8) is 0 Å². The summed E-state index contributed by atoms with van der Waals surface area (Å²) in [5, 5.41) is 0. The van der Waals surface area contributed by atoms with Gasteiger partial charge in [0.2, 0.25) is 0 Å². The molecular formula is C10H9Br2N3O2. The van der Waals surface area contributed by atoms with Crippen LogP contribution < -0.4 is 15.2 Å². The lowest BCUT2D eigenvalue weighted by molar-refractivity contribution is 0.334. The van der Waals surface area contributed by atoms with Crippen LogP contribution in [0.15, 0.2) is 15.0 Å². The van der Waals surface area contributed by atoms with Gasteiger partial charge >= 0.3 is 0 Å². The van der Waals surface area contributed by atoms with Crippen molar-refractivity contribution < 1.29 is 9.47 Å². The fourth-order valence-corrected chi connectivity index (χ4v) is 2.13. The van der Waals surface area contributed by atoms with E-state index in [9.17, 15) is 0 Å². The molecule has 1 aromatic heterocycles. The molecular weight excluding hydrogens is 354 g/mol. The number of aromatic nitrogens is 2. The van der Waals surface area contributed by atoms with Crippen molar-refractivity contribution in [2.75, 3.05) is 20.0 Å². The average molecular weight is 363 g/mol. The molecule has 17 heavy (non-hydrogen) atoms. The Labute approximate surface area is 115 Å². The first kappa shape index (κ1) is 12.4. The fourth-order valence-electron chi connectivity index (χ4n) is 1.40. The molecule has 0 aliphatic rings. The third-order valence-electron chi connectivity index (χ3n) is 2.21. The van der Waals surface area contributed by atoms with E-state index >= 15 is 0 Å². The minimum absolute atomic E-state index is 0.306. The Morgan fingerprint density at radius 3 is 2.29 bits per heavy atom. The number of rotatable bonds is 2. The van der Waals surface area contributed by atoms with E-state index in [1.165, 1.54) is 14.2 Å². The zero-order valence-corrected chi connectivity index (χ0v) is 12.3. The highest BCUT2D eigenvalue weighted by Crippen LogP contribution is 2.36. The third kappa shape index (κ3) is 2.04. The molecule has 0 saturated carbocycles. The predicted octanol–water partition coefficient (Wildman–Crippen LogP) is 2.75. The first-order valence-electron chi connectivity index (χ1n) is 4.61. The summed E-state index contributed by atoms with van der Waals surface area (Å²) >= 11 is 6.75. The average Bonchev–Trinajstić information content (AvgIpc) is 2.34. The number of nitrogens with two attached hydrogens (primary N) is 1.